The van der Waals surface area contributed by atoms with E-state index in [-0.39, 0.29) is 0 Å². The maximum Gasteiger partial charge on any atom is 0.0494 e. The molecule has 3 heteroatoms. The quantitative estimate of drug-likeness (QED) is 0.732. The monoisotopic (exact) mass is 293 g/mol. The van der Waals surface area contributed by atoms with Gasteiger partial charge in [-0.3, -0.25) is 0 Å². The summed E-state index contributed by atoms with van der Waals surface area (Å²) in [7, 11) is 0. The van der Waals surface area contributed by atoms with Crippen LogP contribution in [0.2, 0.25) is 5.02 Å². The fraction of sp³-hybridized carbons (Fsp3) is 0.647. The van der Waals surface area contributed by atoms with E-state index in [1.54, 1.807) is 0 Å². The molecule has 0 amide bonds. The highest BCUT2D eigenvalue weighted by Gasteiger charge is 2.29. The molecule has 110 valence electrons. The van der Waals surface area contributed by atoms with Gasteiger partial charge in [-0.25, -0.2) is 0 Å². The Morgan fingerprint density at radius 2 is 1.90 bits per heavy atom. The number of nitrogens with one attached hydrogen (secondary N) is 1. The summed E-state index contributed by atoms with van der Waals surface area (Å²) in [5.41, 5.74) is 1.43. The van der Waals surface area contributed by atoms with Crippen LogP contribution >= 0.6 is 11.6 Å². The topological polar surface area (TPSA) is 21.3 Å². The largest absolute Gasteiger partial charge is 0.381 e. The van der Waals surface area contributed by atoms with Crippen molar-refractivity contribution in [2.24, 2.45) is 5.92 Å². The van der Waals surface area contributed by atoms with Gasteiger partial charge in [-0.2, -0.15) is 0 Å². The Bertz CT molecular complexity index is 410. The van der Waals surface area contributed by atoms with Crippen LogP contribution in [0.4, 0.5) is 0 Å². The zero-order chi connectivity index (χ0) is 13.8. The van der Waals surface area contributed by atoms with Gasteiger partial charge >= 0.3 is 0 Å². The first-order valence-electron chi connectivity index (χ1n) is 7.88. The lowest BCUT2D eigenvalue weighted by Gasteiger charge is -2.36. The molecule has 2 aliphatic carbocycles. The first-order valence-corrected chi connectivity index (χ1v) is 8.25. The molecule has 1 aromatic rings. The summed E-state index contributed by atoms with van der Waals surface area (Å²) < 4.78 is 5.64. The van der Waals surface area contributed by atoms with Gasteiger partial charge in [0.05, 0.1) is 0 Å². The second-order valence-electron chi connectivity index (χ2n) is 6.24. The summed E-state index contributed by atoms with van der Waals surface area (Å²) >= 11 is 5.92. The molecule has 1 N–H and O–H groups in total. The molecule has 0 unspecified atom stereocenters. The lowest BCUT2D eigenvalue weighted by atomic mass is 9.76. The predicted octanol–water partition coefficient (Wildman–Crippen LogP) is 3.99. The SMILES string of the molecule is Clc1ccc(C2CC(NCCCOCC3CC3)C2)cc1. The number of halogens is 1. The average molecular weight is 294 g/mol. The van der Waals surface area contributed by atoms with Crippen molar-refractivity contribution in [2.45, 2.75) is 44.1 Å². The van der Waals surface area contributed by atoms with Gasteiger partial charge in [-0.05, 0) is 68.2 Å². The van der Waals surface area contributed by atoms with Crippen LogP contribution in [0.3, 0.4) is 0 Å². The molecule has 0 bridgehead atoms. The fourth-order valence-corrected chi connectivity index (χ4v) is 2.93. The van der Waals surface area contributed by atoms with Gasteiger partial charge < -0.3 is 10.1 Å². The van der Waals surface area contributed by atoms with Gasteiger partial charge in [0.25, 0.3) is 0 Å². The van der Waals surface area contributed by atoms with Crippen LogP contribution in [0, 0.1) is 5.92 Å². The lowest BCUT2D eigenvalue weighted by Crippen LogP contribution is -2.40. The smallest absolute Gasteiger partial charge is 0.0494 e. The van der Waals surface area contributed by atoms with Crippen molar-refractivity contribution >= 4 is 11.6 Å². The zero-order valence-electron chi connectivity index (χ0n) is 12.0. The molecule has 0 saturated heterocycles. The third-order valence-electron chi connectivity index (χ3n) is 4.43. The van der Waals surface area contributed by atoms with Crippen molar-refractivity contribution in [1.82, 2.24) is 5.32 Å². The summed E-state index contributed by atoms with van der Waals surface area (Å²) in [5, 5.41) is 4.46. The molecule has 1 aromatic carbocycles. The molecular weight excluding hydrogens is 270 g/mol. The van der Waals surface area contributed by atoms with Crippen molar-refractivity contribution in [2.75, 3.05) is 19.8 Å². The Balaban J connectivity index is 1.23. The summed E-state index contributed by atoms with van der Waals surface area (Å²) in [4.78, 5) is 0. The van der Waals surface area contributed by atoms with Crippen molar-refractivity contribution < 1.29 is 4.74 Å². The van der Waals surface area contributed by atoms with E-state index < -0.39 is 0 Å². The van der Waals surface area contributed by atoms with Crippen molar-refractivity contribution in [3.8, 4) is 0 Å². The molecule has 0 aliphatic heterocycles. The minimum absolute atomic E-state index is 0.694. The van der Waals surface area contributed by atoms with Crippen molar-refractivity contribution in [3.05, 3.63) is 34.9 Å². The van der Waals surface area contributed by atoms with Gasteiger partial charge in [0, 0.05) is 24.3 Å². The Labute approximate surface area is 126 Å². The Morgan fingerprint density at radius 3 is 2.60 bits per heavy atom. The van der Waals surface area contributed by atoms with Gasteiger partial charge in [-0.1, -0.05) is 23.7 Å². The first-order chi connectivity index (χ1) is 9.81. The highest BCUT2D eigenvalue weighted by molar-refractivity contribution is 6.30. The molecule has 0 heterocycles. The highest BCUT2D eigenvalue weighted by Crippen LogP contribution is 2.37. The van der Waals surface area contributed by atoms with E-state index in [1.165, 1.54) is 31.2 Å². The maximum absolute atomic E-state index is 5.92. The van der Waals surface area contributed by atoms with Gasteiger partial charge in [0.15, 0.2) is 0 Å². The van der Waals surface area contributed by atoms with E-state index in [1.807, 2.05) is 12.1 Å². The molecule has 2 saturated carbocycles. The number of benzene rings is 1. The minimum Gasteiger partial charge on any atom is -0.381 e. The minimum atomic E-state index is 0.694. The second-order valence-corrected chi connectivity index (χ2v) is 6.68. The predicted molar refractivity (Wildman–Crippen MR) is 83.4 cm³/mol. The summed E-state index contributed by atoms with van der Waals surface area (Å²) in [6.45, 7) is 2.99. The third kappa shape index (κ3) is 4.21. The molecule has 3 rings (SSSR count). The van der Waals surface area contributed by atoms with E-state index in [0.717, 1.165) is 43.0 Å². The molecule has 2 fully saturated rings. The van der Waals surface area contributed by atoms with E-state index in [4.69, 9.17) is 16.3 Å². The number of hydrogen-bond donors (Lipinski definition) is 1. The Morgan fingerprint density at radius 1 is 1.15 bits per heavy atom. The van der Waals surface area contributed by atoms with E-state index in [0.29, 0.717) is 6.04 Å². The van der Waals surface area contributed by atoms with Crippen LogP contribution < -0.4 is 5.32 Å². The molecule has 0 radical (unpaired) electrons. The lowest BCUT2D eigenvalue weighted by molar-refractivity contribution is 0.120. The summed E-state index contributed by atoms with van der Waals surface area (Å²) in [5.74, 6) is 1.60. The Kier molecular flexibility index (Phi) is 4.98. The molecule has 2 nitrogen and oxygen atoms in total. The number of rotatable bonds is 8. The van der Waals surface area contributed by atoms with Crippen LogP contribution in [-0.4, -0.2) is 25.8 Å². The van der Waals surface area contributed by atoms with Crippen LogP contribution in [0.15, 0.2) is 24.3 Å². The van der Waals surface area contributed by atoms with Crippen molar-refractivity contribution in [1.29, 1.82) is 0 Å². The van der Waals surface area contributed by atoms with Crippen molar-refractivity contribution in [3.63, 3.8) is 0 Å². The second kappa shape index (κ2) is 6.93. The maximum atomic E-state index is 5.92. The van der Waals surface area contributed by atoms with Gasteiger partial charge in [-0.15, -0.1) is 0 Å². The van der Waals surface area contributed by atoms with Crippen LogP contribution in [0.5, 0.6) is 0 Å². The fourth-order valence-electron chi connectivity index (χ4n) is 2.81. The molecule has 20 heavy (non-hydrogen) atoms. The average Bonchev–Trinajstić information content (AvgIpc) is 3.21. The molecule has 0 aromatic heterocycles. The third-order valence-corrected chi connectivity index (χ3v) is 4.68. The van der Waals surface area contributed by atoms with E-state index >= 15 is 0 Å². The van der Waals surface area contributed by atoms with E-state index in [2.05, 4.69) is 17.4 Å². The standard InChI is InChI=1S/C17H24ClNO/c18-16-6-4-14(5-7-16)15-10-17(11-15)19-8-1-9-20-12-13-2-3-13/h4-7,13,15,17,19H,1-3,8-12H2. The van der Waals surface area contributed by atoms with Gasteiger partial charge in [0.2, 0.25) is 0 Å². The molecular formula is C17H24ClNO. The first kappa shape index (κ1) is 14.4. The Hall–Kier alpha value is -0.570. The van der Waals surface area contributed by atoms with Crippen LogP contribution in [0.1, 0.15) is 43.6 Å². The van der Waals surface area contributed by atoms with E-state index in [9.17, 15) is 0 Å². The van der Waals surface area contributed by atoms with Crippen LogP contribution in [0.25, 0.3) is 0 Å². The molecule has 0 spiro atoms. The van der Waals surface area contributed by atoms with Crippen LogP contribution in [-0.2, 0) is 4.74 Å². The summed E-state index contributed by atoms with van der Waals surface area (Å²) in [6.07, 6.45) is 6.41. The molecule has 0 atom stereocenters. The normalized spacial score (nSPS) is 25.4. The summed E-state index contributed by atoms with van der Waals surface area (Å²) in [6, 6.07) is 9.01. The van der Waals surface area contributed by atoms with Gasteiger partial charge in [0.1, 0.15) is 0 Å². The number of hydrogen-bond acceptors (Lipinski definition) is 2. The highest BCUT2D eigenvalue weighted by atomic mass is 35.5. The number of ether oxygens (including phenoxy) is 1. The zero-order valence-corrected chi connectivity index (χ0v) is 12.7. The molecule has 2 aliphatic rings.